The van der Waals surface area contributed by atoms with E-state index in [9.17, 15) is 4.79 Å². The molecule has 1 aliphatic rings. The number of benzene rings is 2. The van der Waals surface area contributed by atoms with Crippen molar-refractivity contribution in [1.82, 2.24) is 14.8 Å². The molecule has 0 aliphatic carbocycles. The van der Waals surface area contributed by atoms with Crippen LogP contribution in [0.2, 0.25) is 5.02 Å². The number of nitrogens with one attached hydrogen (secondary N) is 1. The van der Waals surface area contributed by atoms with Crippen LogP contribution < -0.4 is 10.1 Å². The smallest absolute Gasteiger partial charge is 0.271 e. The average Bonchev–Trinajstić information content (AvgIpc) is 3.38. The van der Waals surface area contributed by atoms with Crippen molar-refractivity contribution in [3.63, 3.8) is 0 Å². The molecule has 4 rings (SSSR count). The van der Waals surface area contributed by atoms with E-state index in [1.54, 1.807) is 24.2 Å². The first kappa shape index (κ1) is 18.9. The van der Waals surface area contributed by atoms with Crippen molar-refractivity contribution in [2.75, 3.05) is 12.4 Å². The average molecular weight is 412 g/mol. The fourth-order valence-corrected chi connectivity index (χ4v) is 3.21. The van der Waals surface area contributed by atoms with Crippen LogP contribution >= 0.6 is 11.6 Å². The summed E-state index contributed by atoms with van der Waals surface area (Å²) in [7, 11) is 1.59. The van der Waals surface area contributed by atoms with Crippen molar-refractivity contribution < 1.29 is 14.4 Å². The van der Waals surface area contributed by atoms with Gasteiger partial charge in [0.05, 0.1) is 19.4 Å². The molecule has 1 aromatic heterocycles. The molecule has 2 aromatic carbocycles. The van der Waals surface area contributed by atoms with E-state index >= 15 is 0 Å². The summed E-state index contributed by atoms with van der Waals surface area (Å²) in [4.78, 5) is 21.9. The number of carbonyl (C=O) groups is 1. The highest BCUT2D eigenvalue weighted by Gasteiger charge is 2.30. The molecule has 0 bridgehead atoms. The minimum absolute atomic E-state index is 0.200. The summed E-state index contributed by atoms with van der Waals surface area (Å²) in [5.74, 6) is 0.517. The van der Waals surface area contributed by atoms with E-state index in [4.69, 9.17) is 21.2 Å². The molecule has 29 heavy (non-hydrogen) atoms. The fraction of sp³-hybridized carbons (Fsp3) is 0.200. The van der Waals surface area contributed by atoms with Gasteiger partial charge in [-0.25, -0.2) is 9.67 Å². The fourth-order valence-electron chi connectivity index (χ4n) is 3.00. The number of carbonyl (C=O) groups excluding carboxylic acids is 1. The van der Waals surface area contributed by atoms with Gasteiger partial charge in [-0.3, -0.25) is 10.1 Å². The van der Waals surface area contributed by atoms with Crippen molar-refractivity contribution in [2.24, 2.45) is 5.16 Å². The number of anilines is 1. The second kappa shape index (κ2) is 8.32. The van der Waals surface area contributed by atoms with E-state index in [0.29, 0.717) is 29.4 Å². The minimum atomic E-state index is -0.755. The zero-order valence-corrected chi connectivity index (χ0v) is 16.3. The van der Waals surface area contributed by atoms with Gasteiger partial charge in [0.15, 0.2) is 0 Å². The molecule has 8 nitrogen and oxygen atoms in total. The van der Waals surface area contributed by atoms with E-state index in [1.807, 2.05) is 42.5 Å². The maximum Gasteiger partial charge on any atom is 0.271 e. The summed E-state index contributed by atoms with van der Waals surface area (Å²) in [6.07, 6.45) is 1.12. The molecular formula is C20H18ClN5O3. The third-order valence-corrected chi connectivity index (χ3v) is 4.62. The van der Waals surface area contributed by atoms with Gasteiger partial charge >= 0.3 is 0 Å². The summed E-state index contributed by atoms with van der Waals surface area (Å²) >= 11 is 6.00. The Morgan fingerprint density at radius 3 is 3.00 bits per heavy atom. The van der Waals surface area contributed by atoms with Gasteiger partial charge in [0.1, 0.15) is 12.1 Å². The number of rotatable bonds is 6. The molecule has 1 aliphatic heterocycles. The summed E-state index contributed by atoms with van der Waals surface area (Å²) in [5.41, 5.74) is 2.44. The predicted molar refractivity (Wildman–Crippen MR) is 108 cm³/mol. The highest BCUT2D eigenvalue weighted by molar-refractivity contribution is 6.30. The molecule has 0 saturated heterocycles. The first-order chi connectivity index (χ1) is 14.1. The number of nitrogens with zero attached hydrogens (tertiary/aromatic N) is 4. The normalized spacial score (nSPS) is 15.5. The number of methoxy groups -OCH3 is 1. The molecule has 2 heterocycles. The Kier molecular flexibility index (Phi) is 5.44. The Hall–Kier alpha value is -3.39. The van der Waals surface area contributed by atoms with Crippen LogP contribution in [0.25, 0.3) is 0 Å². The number of halogens is 1. The lowest BCUT2D eigenvalue weighted by Crippen LogP contribution is -2.28. The van der Waals surface area contributed by atoms with E-state index in [1.165, 1.54) is 0 Å². The van der Waals surface area contributed by atoms with Crippen LogP contribution in [0.5, 0.6) is 5.75 Å². The van der Waals surface area contributed by atoms with Gasteiger partial charge in [-0.2, -0.15) is 0 Å². The van der Waals surface area contributed by atoms with Crippen LogP contribution in [0.3, 0.4) is 0 Å². The Morgan fingerprint density at radius 1 is 1.31 bits per heavy atom. The highest BCUT2D eigenvalue weighted by atomic mass is 35.5. The molecule has 3 aromatic rings. The van der Waals surface area contributed by atoms with Gasteiger partial charge < -0.3 is 9.57 Å². The van der Waals surface area contributed by atoms with Crippen LogP contribution in [0, 0.1) is 0 Å². The molecule has 0 fully saturated rings. The summed E-state index contributed by atoms with van der Waals surface area (Å²) < 4.78 is 6.96. The molecule has 9 heteroatoms. The van der Waals surface area contributed by atoms with Crippen molar-refractivity contribution in [3.8, 4) is 5.75 Å². The second-order valence-electron chi connectivity index (χ2n) is 6.42. The molecule has 0 radical (unpaired) electrons. The Balaban J connectivity index is 1.36. The largest absolute Gasteiger partial charge is 0.496 e. The monoisotopic (exact) mass is 411 g/mol. The first-order valence-electron chi connectivity index (χ1n) is 8.93. The highest BCUT2D eigenvalue weighted by Crippen LogP contribution is 2.24. The number of para-hydroxylation sites is 1. The van der Waals surface area contributed by atoms with Gasteiger partial charge in [0.25, 0.3) is 5.91 Å². The van der Waals surface area contributed by atoms with Gasteiger partial charge in [-0.15, -0.1) is 5.10 Å². The number of ether oxygens (including phenoxy) is 1. The molecular weight excluding hydrogens is 394 g/mol. The van der Waals surface area contributed by atoms with Crippen LogP contribution in [-0.2, 0) is 16.2 Å². The SMILES string of the molecule is COc1ccccc1C1=NOC(C(=O)Nc2ncn(Cc3cccc(Cl)c3)n2)C1. The number of hydrogen-bond donors (Lipinski definition) is 1. The van der Waals surface area contributed by atoms with Crippen LogP contribution in [-0.4, -0.2) is 39.6 Å². The molecule has 1 N–H and O–H groups in total. The van der Waals surface area contributed by atoms with Crippen molar-refractivity contribution in [2.45, 2.75) is 19.1 Å². The maximum absolute atomic E-state index is 12.5. The summed E-state index contributed by atoms with van der Waals surface area (Å²) in [6.45, 7) is 0.490. The van der Waals surface area contributed by atoms with Crippen LogP contribution in [0.4, 0.5) is 5.95 Å². The lowest BCUT2D eigenvalue weighted by molar-refractivity contribution is -0.125. The third kappa shape index (κ3) is 4.38. The predicted octanol–water partition coefficient (Wildman–Crippen LogP) is 3.12. The van der Waals surface area contributed by atoms with E-state index in [2.05, 4.69) is 20.6 Å². The zero-order chi connectivity index (χ0) is 20.2. The molecule has 0 saturated carbocycles. The van der Waals surface area contributed by atoms with Gasteiger partial charge in [0.2, 0.25) is 12.1 Å². The molecule has 1 unspecified atom stereocenters. The first-order valence-corrected chi connectivity index (χ1v) is 9.31. The number of aromatic nitrogens is 3. The number of oxime groups is 1. The van der Waals surface area contributed by atoms with Crippen molar-refractivity contribution in [1.29, 1.82) is 0 Å². The Labute approximate surface area is 172 Å². The van der Waals surface area contributed by atoms with Crippen LogP contribution in [0.15, 0.2) is 60.0 Å². The lowest BCUT2D eigenvalue weighted by atomic mass is 10.0. The van der Waals surface area contributed by atoms with E-state index in [0.717, 1.165) is 11.1 Å². The Bertz CT molecular complexity index is 1070. The summed E-state index contributed by atoms with van der Waals surface area (Å²) in [6, 6.07) is 14.9. The topological polar surface area (TPSA) is 90.6 Å². The molecule has 1 atom stereocenters. The Morgan fingerprint density at radius 2 is 2.17 bits per heavy atom. The maximum atomic E-state index is 12.5. The quantitative estimate of drug-likeness (QED) is 0.673. The molecule has 1 amide bonds. The number of amides is 1. The van der Waals surface area contributed by atoms with Gasteiger partial charge in [0, 0.05) is 17.0 Å². The molecule has 148 valence electrons. The van der Waals surface area contributed by atoms with Crippen molar-refractivity contribution in [3.05, 3.63) is 71.0 Å². The van der Waals surface area contributed by atoms with E-state index < -0.39 is 6.10 Å². The minimum Gasteiger partial charge on any atom is -0.496 e. The lowest BCUT2D eigenvalue weighted by Gasteiger charge is -2.08. The van der Waals surface area contributed by atoms with E-state index in [-0.39, 0.29) is 11.9 Å². The standard InChI is InChI=1S/C20H18ClN5O3/c1-28-17-8-3-2-7-15(17)16-10-18(29-25-16)19(27)23-20-22-12-26(24-20)11-13-5-4-6-14(21)9-13/h2-9,12,18H,10-11H2,1H3,(H,23,24,27). The van der Waals surface area contributed by atoms with Crippen molar-refractivity contribution >= 4 is 29.2 Å². The zero-order valence-electron chi connectivity index (χ0n) is 15.6. The van der Waals surface area contributed by atoms with Crippen LogP contribution in [0.1, 0.15) is 17.5 Å². The second-order valence-corrected chi connectivity index (χ2v) is 6.86. The molecule has 0 spiro atoms. The third-order valence-electron chi connectivity index (χ3n) is 4.38. The van der Waals surface area contributed by atoms with Gasteiger partial charge in [-0.1, -0.05) is 41.0 Å². The number of hydrogen-bond acceptors (Lipinski definition) is 6. The van der Waals surface area contributed by atoms with Gasteiger partial charge in [-0.05, 0) is 29.8 Å². The summed E-state index contributed by atoms with van der Waals surface area (Å²) in [5, 5.41) is 11.6.